The van der Waals surface area contributed by atoms with E-state index in [9.17, 15) is 0 Å². The molecule has 0 aliphatic carbocycles. The van der Waals surface area contributed by atoms with Crippen LogP contribution in [0.2, 0.25) is 0 Å². The molecule has 0 spiro atoms. The molecule has 0 saturated carbocycles. The molecule has 2 rings (SSSR count). The van der Waals surface area contributed by atoms with Crippen LogP contribution < -0.4 is 4.74 Å². The molecule has 17 heavy (non-hydrogen) atoms. The third kappa shape index (κ3) is 3.34. The number of benzene rings is 2. The molecule has 1 nitrogen and oxygen atoms in total. The molecule has 0 atom stereocenters. The number of hydrogen-bond donors (Lipinski definition) is 0. The van der Waals surface area contributed by atoms with Crippen molar-refractivity contribution in [3.63, 3.8) is 0 Å². The van der Waals surface area contributed by atoms with E-state index in [0.717, 1.165) is 10.2 Å². The Morgan fingerprint density at radius 3 is 2.59 bits per heavy atom. The Kier molecular flexibility index (Phi) is 3.85. The number of halogens is 1. The number of rotatable bonds is 3. The lowest BCUT2D eigenvalue weighted by molar-refractivity contribution is 0.306. The van der Waals surface area contributed by atoms with Gasteiger partial charge in [-0.3, -0.25) is 0 Å². The molecule has 0 saturated heterocycles. The standard InChI is InChI=1S/C15H15BrO/c1-11-4-3-5-13(8-11)10-17-14-6-7-15(16)12(2)9-14/h3-9H,10H2,1-2H3. The second kappa shape index (κ2) is 5.37. The molecule has 0 heterocycles. The molecule has 0 unspecified atom stereocenters. The summed E-state index contributed by atoms with van der Waals surface area (Å²) in [5, 5.41) is 0. The highest BCUT2D eigenvalue weighted by atomic mass is 79.9. The maximum atomic E-state index is 5.76. The fourth-order valence-electron chi connectivity index (χ4n) is 1.68. The quantitative estimate of drug-likeness (QED) is 0.800. The van der Waals surface area contributed by atoms with Gasteiger partial charge in [0.15, 0.2) is 0 Å². The second-order valence-corrected chi connectivity index (χ2v) is 5.04. The second-order valence-electron chi connectivity index (χ2n) is 4.19. The van der Waals surface area contributed by atoms with E-state index in [1.807, 2.05) is 18.2 Å². The first-order valence-electron chi connectivity index (χ1n) is 5.59. The Hall–Kier alpha value is -1.28. The fourth-order valence-corrected chi connectivity index (χ4v) is 1.92. The topological polar surface area (TPSA) is 9.23 Å². The molecule has 0 aliphatic heterocycles. The molecule has 2 heteroatoms. The van der Waals surface area contributed by atoms with Crippen molar-refractivity contribution in [2.24, 2.45) is 0 Å². The molecule has 0 aliphatic rings. The zero-order valence-corrected chi connectivity index (χ0v) is 11.6. The number of hydrogen-bond acceptors (Lipinski definition) is 1. The fraction of sp³-hybridized carbons (Fsp3) is 0.200. The molecular weight excluding hydrogens is 276 g/mol. The van der Waals surface area contributed by atoms with E-state index in [1.165, 1.54) is 16.7 Å². The van der Waals surface area contributed by atoms with Gasteiger partial charge >= 0.3 is 0 Å². The van der Waals surface area contributed by atoms with Gasteiger partial charge in [0.1, 0.15) is 12.4 Å². The lowest BCUT2D eigenvalue weighted by Crippen LogP contribution is -1.96. The molecule has 0 aromatic heterocycles. The van der Waals surface area contributed by atoms with Crippen LogP contribution in [0.15, 0.2) is 46.9 Å². The summed E-state index contributed by atoms with van der Waals surface area (Å²) in [6, 6.07) is 14.4. The van der Waals surface area contributed by atoms with Gasteiger partial charge < -0.3 is 4.74 Å². The predicted octanol–water partition coefficient (Wildman–Crippen LogP) is 4.64. The average Bonchev–Trinajstić information content (AvgIpc) is 2.31. The van der Waals surface area contributed by atoms with Gasteiger partial charge in [0.25, 0.3) is 0 Å². The molecular formula is C15H15BrO. The van der Waals surface area contributed by atoms with Crippen LogP contribution >= 0.6 is 15.9 Å². The van der Waals surface area contributed by atoms with Crippen LogP contribution in [0.3, 0.4) is 0 Å². The summed E-state index contributed by atoms with van der Waals surface area (Å²) in [5.41, 5.74) is 3.65. The van der Waals surface area contributed by atoms with Gasteiger partial charge in [0.2, 0.25) is 0 Å². The Balaban J connectivity index is 2.05. The predicted molar refractivity (Wildman–Crippen MR) is 74.4 cm³/mol. The Morgan fingerprint density at radius 2 is 1.88 bits per heavy atom. The van der Waals surface area contributed by atoms with Crippen LogP contribution in [0.25, 0.3) is 0 Å². The highest BCUT2D eigenvalue weighted by Crippen LogP contribution is 2.22. The zero-order valence-electron chi connectivity index (χ0n) is 10.0. The van der Waals surface area contributed by atoms with Crippen molar-refractivity contribution in [3.05, 3.63) is 63.6 Å². The van der Waals surface area contributed by atoms with Crippen LogP contribution in [-0.4, -0.2) is 0 Å². The third-order valence-electron chi connectivity index (χ3n) is 2.62. The van der Waals surface area contributed by atoms with Gasteiger partial charge in [-0.15, -0.1) is 0 Å². The van der Waals surface area contributed by atoms with E-state index in [1.54, 1.807) is 0 Å². The summed E-state index contributed by atoms with van der Waals surface area (Å²) in [5.74, 6) is 0.909. The van der Waals surface area contributed by atoms with Crippen LogP contribution in [0.1, 0.15) is 16.7 Å². The Labute approximate surface area is 111 Å². The molecule has 0 fully saturated rings. The normalized spacial score (nSPS) is 10.3. The van der Waals surface area contributed by atoms with E-state index in [-0.39, 0.29) is 0 Å². The zero-order chi connectivity index (χ0) is 12.3. The van der Waals surface area contributed by atoms with Crippen molar-refractivity contribution in [1.29, 1.82) is 0 Å². The molecule has 0 radical (unpaired) electrons. The van der Waals surface area contributed by atoms with Gasteiger partial charge in [0, 0.05) is 4.47 Å². The monoisotopic (exact) mass is 290 g/mol. The van der Waals surface area contributed by atoms with Crippen LogP contribution in [0.5, 0.6) is 5.75 Å². The summed E-state index contributed by atoms with van der Waals surface area (Å²) in [6.45, 7) is 4.76. The maximum absolute atomic E-state index is 5.76. The smallest absolute Gasteiger partial charge is 0.120 e. The van der Waals surface area contributed by atoms with Crippen LogP contribution in [-0.2, 0) is 6.61 Å². The van der Waals surface area contributed by atoms with E-state index in [0.29, 0.717) is 6.61 Å². The van der Waals surface area contributed by atoms with Gasteiger partial charge in [-0.2, -0.15) is 0 Å². The minimum atomic E-state index is 0.614. The van der Waals surface area contributed by atoms with Gasteiger partial charge in [-0.05, 0) is 43.2 Å². The van der Waals surface area contributed by atoms with E-state index >= 15 is 0 Å². The first-order valence-corrected chi connectivity index (χ1v) is 6.39. The van der Waals surface area contributed by atoms with Crippen molar-refractivity contribution in [2.45, 2.75) is 20.5 Å². The van der Waals surface area contributed by atoms with Crippen molar-refractivity contribution in [2.75, 3.05) is 0 Å². The largest absolute Gasteiger partial charge is 0.489 e. The van der Waals surface area contributed by atoms with Crippen LogP contribution in [0, 0.1) is 13.8 Å². The van der Waals surface area contributed by atoms with Gasteiger partial charge in [-0.1, -0.05) is 45.8 Å². The van der Waals surface area contributed by atoms with Crippen molar-refractivity contribution in [3.8, 4) is 5.75 Å². The molecule has 0 amide bonds. The molecule has 0 N–H and O–H groups in total. The molecule has 2 aromatic carbocycles. The minimum absolute atomic E-state index is 0.614. The van der Waals surface area contributed by atoms with Gasteiger partial charge in [0.05, 0.1) is 0 Å². The highest BCUT2D eigenvalue weighted by Gasteiger charge is 1.99. The van der Waals surface area contributed by atoms with E-state index in [4.69, 9.17) is 4.74 Å². The third-order valence-corrected chi connectivity index (χ3v) is 3.51. The summed E-state index contributed by atoms with van der Waals surface area (Å²) in [7, 11) is 0. The Morgan fingerprint density at radius 1 is 1.06 bits per heavy atom. The first kappa shape index (κ1) is 12.2. The van der Waals surface area contributed by atoms with E-state index < -0.39 is 0 Å². The summed E-state index contributed by atoms with van der Waals surface area (Å²) in [4.78, 5) is 0. The minimum Gasteiger partial charge on any atom is -0.489 e. The average molecular weight is 291 g/mol. The van der Waals surface area contributed by atoms with Crippen molar-refractivity contribution < 1.29 is 4.74 Å². The summed E-state index contributed by atoms with van der Waals surface area (Å²) >= 11 is 3.48. The SMILES string of the molecule is Cc1cccc(COc2ccc(Br)c(C)c2)c1. The number of ether oxygens (including phenoxy) is 1. The van der Waals surface area contributed by atoms with Crippen molar-refractivity contribution in [1.82, 2.24) is 0 Å². The Bertz CT molecular complexity index is 520. The molecule has 0 bridgehead atoms. The molecule has 2 aromatic rings. The van der Waals surface area contributed by atoms with Crippen molar-refractivity contribution >= 4 is 15.9 Å². The lowest BCUT2D eigenvalue weighted by atomic mass is 10.1. The maximum Gasteiger partial charge on any atom is 0.120 e. The summed E-state index contributed by atoms with van der Waals surface area (Å²) < 4.78 is 6.87. The summed E-state index contributed by atoms with van der Waals surface area (Å²) in [6.07, 6.45) is 0. The highest BCUT2D eigenvalue weighted by molar-refractivity contribution is 9.10. The van der Waals surface area contributed by atoms with E-state index in [2.05, 4.69) is 54.0 Å². The number of aryl methyl sites for hydroxylation is 2. The van der Waals surface area contributed by atoms with Crippen LogP contribution in [0.4, 0.5) is 0 Å². The first-order chi connectivity index (χ1) is 8.15. The molecule has 88 valence electrons. The lowest BCUT2D eigenvalue weighted by Gasteiger charge is -2.08. The van der Waals surface area contributed by atoms with Gasteiger partial charge in [-0.25, -0.2) is 0 Å².